The minimum Gasteiger partial charge on any atom is -0.432 e. The van der Waals surface area contributed by atoms with Crippen LogP contribution in [-0.4, -0.2) is 31.6 Å². The van der Waals surface area contributed by atoms with Gasteiger partial charge in [-0.25, -0.2) is 4.39 Å². The molecule has 132 valence electrons. The first-order valence-electron chi connectivity index (χ1n) is 7.64. The average Bonchev–Trinajstić information content (AvgIpc) is 3.27. The number of hydrogen-bond acceptors (Lipinski definition) is 4. The van der Waals surface area contributed by atoms with E-state index < -0.39 is 18.2 Å². The molecule has 0 radical (unpaired) electrons. The van der Waals surface area contributed by atoms with E-state index in [1.165, 1.54) is 12.1 Å². The number of nitrogens with one attached hydrogen (secondary N) is 1. The number of fused-ring (bicyclic) bond motifs is 1. The Kier molecular flexibility index (Phi) is 4.04. The number of benzene rings is 1. The maximum Gasteiger partial charge on any atom is 0.387 e. The molecule has 0 aliphatic heterocycles. The number of aromatic amines is 1. The van der Waals surface area contributed by atoms with Crippen molar-refractivity contribution in [3.63, 3.8) is 0 Å². The van der Waals surface area contributed by atoms with Gasteiger partial charge in [-0.1, -0.05) is 6.07 Å². The molecule has 0 saturated heterocycles. The van der Waals surface area contributed by atoms with Crippen molar-refractivity contribution in [2.75, 3.05) is 0 Å². The summed E-state index contributed by atoms with van der Waals surface area (Å²) in [5, 5.41) is 10.9. The van der Waals surface area contributed by atoms with Gasteiger partial charge in [0.15, 0.2) is 11.6 Å². The first-order chi connectivity index (χ1) is 12.6. The second kappa shape index (κ2) is 6.51. The van der Waals surface area contributed by atoms with Crippen LogP contribution in [0, 0.1) is 5.82 Å². The molecule has 1 N–H and O–H groups in total. The molecule has 0 aliphatic carbocycles. The van der Waals surface area contributed by atoms with E-state index in [-0.39, 0.29) is 0 Å². The van der Waals surface area contributed by atoms with E-state index in [0.29, 0.717) is 23.2 Å². The third-order valence-electron chi connectivity index (χ3n) is 3.86. The molecule has 4 aromatic rings. The van der Waals surface area contributed by atoms with Crippen LogP contribution < -0.4 is 4.74 Å². The highest BCUT2D eigenvalue weighted by Crippen LogP contribution is 2.29. The van der Waals surface area contributed by atoms with Crippen LogP contribution in [0.15, 0.2) is 49.1 Å². The van der Waals surface area contributed by atoms with Crippen LogP contribution in [0.3, 0.4) is 0 Å². The van der Waals surface area contributed by atoms with E-state index in [9.17, 15) is 13.2 Å². The lowest BCUT2D eigenvalue weighted by Gasteiger charge is -2.09. The first-order valence-corrected chi connectivity index (χ1v) is 7.64. The molecule has 0 bridgehead atoms. The van der Waals surface area contributed by atoms with Crippen molar-refractivity contribution in [3.8, 4) is 16.9 Å². The second-order valence-corrected chi connectivity index (χ2v) is 5.56. The lowest BCUT2D eigenvalue weighted by atomic mass is 10.1. The summed E-state index contributed by atoms with van der Waals surface area (Å²) < 4.78 is 44.4. The van der Waals surface area contributed by atoms with Gasteiger partial charge in [-0.15, -0.1) is 0 Å². The van der Waals surface area contributed by atoms with E-state index in [4.69, 9.17) is 0 Å². The summed E-state index contributed by atoms with van der Waals surface area (Å²) >= 11 is 0. The SMILES string of the molecule is Fc1ccc(-c2cnc3cnn(Cc4cn[nH]c4)c3c2)cc1OC(F)F. The Morgan fingerprint density at radius 3 is 2.77 bits per heavy atom. The molecule has 0 atom stereocenters. The van der Waals surface area contributed by atoms with Crippen LogP contribution >= 0.6 is 0 Å². The maximum absolute atomic E-state index is 13.6. The highest BCUT2D eigenvalue weighted by Gasteiger charge is 2.13. The summed E-state index contributed by atoms with van der Waals surface area (Å²) in [7, 11) is 0. The predicted octanol–water partition coefficient (Wildman–Crippen LogP) is 3.61. The fraction of sp³-hybridized carbons (Fsp3) is 0.118. The Labute approximate surface area is 145 Å². The van der Waals surface area contributed by atoms with Crippen molar-refractivity contribution in [2.45, 2.75) is 13.2 Å². The van der Waals surface area contributed by atoms with Crippen LogP contribution in [0.1, 0.15) is 5.56 Å². The molecule has 1 aromatic carbocycles. The highest BCUT2D eigenvalue weighted by molar-refractivity contribution is 5.80. The van der Waals surface area contributed by atoms with Crippen molar-refractivity contribution in [1.29, 1.82) is 0 Å². The average molecular weight is 359 g/mol. The Balaban J connectivity index is 1.73. The number of rotatable bonds is 5. The van der Waals surface area contributed by atoms with Crippen LogP contribution in [-0.2, 0) is 6.54 Å². The molecule has 0 amide bonds. The van der Waals surface area contributed by atoms with Crippen molar-refractivity contribution < 1.29 is 17.9 Å². The van der Waals surface area contributed by atoms with Crippen LogP contribution in [0.4, 0.5) is 13.2 Å². The van der Waals surface area contributed by atoms with Gasteiger partial charge in [0.1, 0.15) is 5.52 Å². The number of alkyl halides is 2. The molecule has 3 heterocycles. The molecule has 0 saturated carbocycles. The van der Waals surface area contributed by atoms with Crippen molar-refractivity contribution in [3.05, 3.63) is 60.4 Å². The predicted molar refractivity (Wildman–Crippen MR) is 87.2 cm³/mol. The molecule has 26 heavy (non-hydrogen) atoms. The molecule has 4 rings (SSSR count). The molecule has 6 nitrogen and oxygen atoms in total. The summed E-state index contributed by atoms with van der Waals surface area (Å²) in [6.45, 7) is -2.61. The minimum atomic E-state index is -3.10. The standard InChI is InChI=1S/C17H12F3N5O/c18-13-2-1-11(4-16(13)26-17(19)20)12-3-15-14(21-7-12)8-24-25(15)9-10-5-22-23-6-10/h1-8,17H,9H2,(H,22,23). The Bertz CT molecular complexity index is 1050. The summed E-state index contributed by atoms with van der Waals surface area (Å²) in [5.41, 5.74) is 3.51. The van der Waals surface area contributed by atoms with Gasteiger partial charge >= 0.3 is 6.61 Å². The molecule has 0 aliphatic rings. The van der Waals surface area contributed by atoms with Crippen molar-refractivity contribution in [2.24, 2.45) is 0 Å². The van der Waals surface area contributed by atoms with Crippen LogP contribution in [0.2, 0.25) is 0 Å². The van der Waals surface area contributed by atoms with Crippen LogP contribution in [0.5, 0.6) is 5.75 Å². The first kappa shape index (κ1) is 16.1. The van der Waals surface area contributed by atoms with Gasteiger partial charge in [0.05, 0.1) is 24.5 Å². The fourth-order valence-corrected chi connectivity index (χ4v) is 2.65. The van der Waals surface area contributed by atoms with E-state index in [2.05, 4.69) is 25.0 Å². The topological polar surface area (TPSA) is 68.6 Å². The number of aromatic nitrogens is 5. The number of pyridine rings is 1. The monoisotopic (exact) mass is 359 g/mol. The Hall–Kier alpha value is -3.36. The zero-order valence-electron chi connectivity index (χ0n) is 13.2. The van der Waals surface area contributed by atoms with E-state index in [1.54, 1.807) is 29.5 Å². The van der Waals surface area contributed by atoms with Crippen molar-refractivity contribution >= 4 is 11.0 Å². The zero-order valence-corrected chi connectivity index (χ0v) is 13.2. The van der Waals surface area contributed by atoms with Gasteiger partial charge < -0.3 is 4.74 Å². The summed E-state index contributed by atoms with van der Waals surface area (Å²) in [6.07, 6.45) is 6.66. The van der Waals surface area contributed by atoms with Gasteiger partial charge in [0, 0.05) is 23.5 Å². The summed E-state index contributed by atoms with van der Waals surface area (Å²) in [6, 6.07) is 5.60. The van der Waals surface area contributed by atoms with E-state index in [0.717, 1.165) is 17.1 Å². The molecule has 0 spiro atoms. The van der Waals surface area contributed by atoms with Gasteiger partial charge in [0.2, 0.25) is 0 Å². The molecular formula is C17H12F3N5O. The third kappa shape index (κ3) is 3.10. The molecule has 9 heteroatoms. The Morgan fingerprint density at radius 2 is 2.00 bits per heavy atom. The lowest BCUT2D eigenvalue weighted by molar-refractivity contribution is -0.0521. The van der Waals surface area contributed by atoms with E-state index in [1.807, 2.05) is 6.07 Å². The second-order valence-electron chi connectivity index (χ2n) is 5.56. The number of H-pyrrole nitrogens is 1. The normalized spacial score (nSPS) is 11.4. The highest BCUT2D eigenvalue weighted by atomic mass is 19.3. The molecule has 0 unspecified atom stereocenters. The zero-order chi connectivity index (χ0) is 18.1. The third-order valence-corrected chi connectivity index (χ3v) is 3.86. The van der Waals surface area contributed by atoms with Gasteiger partial charge in [-0.2, -0.15) is 19.0 Å². The number of hydrogen-bond donors (Lipinski definition) is 1. The molecule has 3 aromatic heterocycles. The van der Waals surface area contributed by atoms with Crippen molar-refractivity contribution in [1.82, 2.24) is 25.0 Å². The van der Waals surface area contributed by atoms with Gasteiger partial charge in [-0.3, -0.25) is 14.8 Å². The molecule has 0 fully saturated rings. The Morgan fingerprint density at radius 1 is 1.12 bits per heavy atom. The summed E-state index contributed by atoms with van der Waals surface area (Å²) in [5.74, 6) is -1.36. The van der Waals surface area contributed by atoms with Crippen LogP contribution in [0.25, 0.3) is 22.2 Å². The van der Waals surface area contributed by atoms with Gasteiger partial charge in [-0.05, 0) is 23.8 Å². The fourth-order valence-electron chi connectivity index (χ4n) is 2.65. The minimum absolute atomic E-state index is 0.494. The smallest absolute Gasteiger partial charge is 0.387 e. The summed E-state index contributed by atoms with van der Waals surface area (Å²) in [4.78, 5) is 4.33. The number of ether oxygens (including phenoxy) is 1. The van der Waals surface area contributed by atoms with E-state index >= 15 is 0 Å². The van der Waals surface area contributed by atoms with Gasteiger partial charge in [0.25, 0.3) is 0 Å². The number of halogens is 3. The molecular weight excluding hydrogens is 347 g/mol. The quantitative estimate of drug-likeness (QED) is 0.591. The lowest BCUT2D eigenvalue weighted by Crippen LogP contribution is -2.03. The largest absolute Gasteiger partial charge is 0.432 e. The maximum atomic E-state index is 13.6. The number of nitrogens with zero attached hydrogens (tertiary/aromatic N) is 4.